The summed E-state index contributed by atoms with van der Waals surface area (Å²) in [6.07, 6.45) is 1.50. The van der Waals surface area contributed by atoms with Crippen LogP contribution in [0.4, 0.5) is 0 Å². The van der Waals surface area contributed by atoms with E-state index in [-0.39, 0.29) is 26.8 Å². The van der Waals surface area contributed by atoms with Gasteiger partial charge in [0.25, 0.3) is 0 Å². The number of hydrogen-bond acceptors (Lipinski definition) is 2. The van der Waals surface area contributed by atoms with Crippen LogP contribution in [-0.2, 0) is 21.1 Å². The molecular formula is C10H6N3O2W-. The SMILES string of the molecule is O=c1[n-]c(=O)n2c3ccccc3[nH]cc1-2.[W]. The molecule has 1 aromatic carbocycles. The van der Waals surface area contributed by atoms with Crippen molar-refractivity contribution in [1.29, 1.82) is 0 Å². The number of imidazole rings is 1. The first-order valence-electron chi connectivity index (χ1n) is 4.43. The van der Waals surface area contributed by atoms with Gasteiger partial charge in [0.2, 0.25) is 0 Å². The van der Waals surface area contributed by atoms with Gasteiger partial charge in [-0.15, -0.1) is 0 Å². The molecule has 0 aliphatic carbocycles. The predicted molar refractivity (Wildman–Crippen MR) is 54.7 cm³/mol. The fourth-order valence-corrected chi connectivity index (χ4v) is 1.69. The maximum Gasteiger partial charge on any atom is 0.178 e. The Kier molecular flexibility index (Phi) is 2.56. The average Bonchev–Trinajstić information content (AvgIpc) is 2.55. The molecule has 2 heterocycles. The van der Waals surface area contributed by atoms with Gasteiger partial charge in [0.15, 0.2) is 11.2 Å². The van der Waals surface area contributed by atoms with Crippen LogP contribution in [-0.4, -0.2) is 9.55 Å². The summed E-state index contributed by atoms with van der Waals surface area (Å²) in [5.41, 5.74) is 0.704. The van der Waals surface area contributed by atoms with Crippen LogP contribution in [0, 0.1) is 0 Å². The number of fused-ring (bicyclic) bond motifs is 3. The van der Waals surface area contributed by atoms with E-state index in [1.807, 2.05) is 12.1 Å². The number of aromatic amines is 1. The largest absolute Gasteiger partial charge is 0.377 e. The summed E-state index contributed by atoms with van der Waals surface area (Å²) >= 11 is 0. The minimum absolute atomic E-state index is 0. The number of aromatic nitrogens is 3. The molecule has 3 rings (SSSR count). The Morgan fingerprint density at radius 1 is 1.19 bits per heavy atom. The van der Waals surface area contributed by atoms with E-state index in [2.05, 4.69) is 9.97 Å². The predicted octanol–water partition coefficient (Wildman–Crippen LogP) is 0.0715. The third kappa shape index (κ3) is 1.36. The van der Waals surface area contributed by atoms with Crippen molar-refractivity contribution in [2.75, 3.05) is 0 Å². The van der Waals surface area contributed by atoms with Gasteiger partial charge in [0, 0.05) is 38.5 Å². The molecule has 0 radical (unpaired) electrons. The topological polar surface area (TPSA) is 69.0 Å². The molecule has 0 atom stereocenters. The maximum absolute atomic E-state index is 11.5. The Labute approximate surface area is 104 Å². The van der Waals surface area contributed by atoms with E-state index < -0.39 is 11.2 Å². The van der Waals surface area contributed by atoms with Gasteiger partial charge in [-0.3, -0.25) is 9.59 Å². The smallest absolute Gasteiger partial charge is 0.178 e. The molecule has 0 fully saturated rings. The summed E-state index contributed by atoms with van der Waals surface area (Å²) in [5.74, 6) is 0. The van der Waals surface area contributed by atoms with E-state index in [1.54, 1.807) is 12.1 Å². The number of hydrogen-bond donors (Lipinski definition) is 1. The zero-order valence-corrected chi connectivity index (χ0v) is 10.9. The van der Waals surface area contributed by atoms with Crippen LogP contribution in [0.1, 0.15) is 0 Å². The van der Waals surface area contributed by atoms with Crippen LogP contribution in [0.15, 0.2) is 40.1 Å². The van der Waals surface area contributed by atoms with Gasteiger partial charge in [-0.2, -0.15) is 0 Å². The Hall–Kier alpha value is -1.61. The first-order valence-corrected chi connectivity index (χ1v) is 4.43. The molecule has 16 heavy (non-hydrogen) atoms. The molecule has 0 amide bonds. The van der Waals surface area contributed by atoms with Gasteiger partial charge < -0.3 is 14.5 Å². The molecule has 1 N–H and O–H groups in total. The number of nitrogens with zero attached hydrogens (tertiary/aromatic N) is 2. The zero-order chi connectivity index (χ0) is 10.4. The van der Waals surface area contributed by atoms with E-state index >= 15 is 0 Å². The number of nitrogens with one attached hydrogen (secondary N) is 1. The minimum atomic E-state index is -0.528. The number of rotatable bonds is 0. The Bertz CT molecular complexity index is 725. The molecule has 6 heteroatoms. The molecular weight excluding hydrogens is 378 g/mol. The van der Waals surface area contributed by atoms with Crippen molar-refractivity contribution in [2.24, 2.45) is 0 Å². The molecule has 0 saturated carbocycles. The minimum Gasteiger partial charge on any atom is -0.377 e. The van der Waals surface area contributed by atoms with Crippen LogP contribution in [0.2, 0.25) is 0 Å². The Morgan fingerprint density at radius 3 is 2.75 bits per heavy atom. The van der Waals surface area contributed by atoms with Crippen LogP contribution in [0.3, 0.4) is 0 Å². The van der Waals surface area contributed by atoms with Crippen molar-refractivity contribution in [3.05, 3.63) is 51.3 Å². The van der Waals surface area contributed by atoms with E-state index in [1.165, 1.54) is 10.8 Å². The van der Waals surface area contributed by atoms with Crippen LogP contribution in [0.25, 0.3) is 16.7 Å². The van der Waals surface area contributed by atoms with Gasteiger partial charge in [-0.05, 0) is 11.6 Å². The van der Waals surface area contributed by atoms with Gasteiger partial charge in [-0.25, -0.2) is 0 Å². The summed E-state index contributed by atoms with van der Waals surface area (Å²) < 4.78 is 1.31. The van der Waals surface area contributed by atoms with Crippen molar-refractivity contribution >= 4 is 11.0 Å². The summed E-state index contributed by atoms with van der Waals surface area (Å²) in [7, 11) is 0. The molecule has 0 aromatic heterocycles. The van der Waals surface area contributed by atoms with E-state index in [0.717, 1.165) is 5.52 Å². The summed E-state index contributed by atoms with van der Waals surface area (Å²) in [6, 6.07) is 7.25. The quantitative estimate of drug-likeness (QED) is 0.597. The van der Waals surface area contributed by atoms with Gasteiger partial charge in [0.1, 0.15) is 0 Å². The molecule has 0 spiro atoms. The normalized spacial score (nSPS) is 10.5. The first kappa shape index (κ1) is 10.9. The second-order valence-electron chi connectivity index (χ2n) is 3.23. The van der Waals surface area contributed by atoms with Crippen LogP contribution in [0.5, 0.6) is 0 Å². The first-order chi connectivity index (χ1) is 7.27. The number of benzene rings is 1. The number of H-pyrrole nitrogens is 1. The van der Waals surface area contributed by atoms with Gasteiger partial charge in [-0.1, -0.05) is 18.2 Å². The summed E-state index contributed by atoms with van der Waals surface area (Å²) in [6.45, 7) is 0. The third-order valence-electron chi connectivity index (χ3n) is 2.36. The second-order valence-corrected chi connectivity index (χ2v) is 3.23. The van der Waals surface area contributed by atoms with Crippen LogP contribution < -0.4 is 16.2 Å². The molecule has 0 saturated heterocycles. The average molecular weight is 384 g/mol. The molecule has 80 valence electrons. The van der Waals surface area contributed by atoms with E-state index in [4.69, 9.17) is 0 Å². The Balaban J connectivity index is 0.000000963. The fourth-order valence-electron chi connectivity index (χ4n) is 1.69. The van der Waals surface area contributed by atoms with Crippen LogP contribution >= 0.6 is 0 Å². The second kappa shape index (κ2) is 3.76. The van der Waals surface area contributed by atoms with Gasteiger partial charge >= 0.3 is 0 Å². The Morgan fingerprint density at radius 2 is 1.94 bits per heavy atom. The molecule has 5 nitrogen and oxygen atoms in total. The third-order valence-corrected chi connectivity index (χ3v) is 2.36. The molecule has 0 unspecified atom stereocenters. The molecule has 2 aliphatic heterocycles. The van der Waals surface area contributed by atoms with Crippen molar-refractivity contribution < 1.29 is 21.1 Å². The molecule has 2 aliphatic rings. The fraction of sp³-hybridized carbons (Fsp3) is 0. The molecule has 0 bridgehead atoms. The number of para-hydroxylation sites is 2. The summed E-state index contributed by atoms with van der Waals surface area (Å²) in [5, 5.41) is 0. The van der Waals surface area contributed by atoms with Crippen molar-refractivity contribution in [1.82, 2.24) is 14.5 Å². The molecule has 1 aromatic rings. The monoisotopic (exact) mass is 384 g/mol. The van der Waals surface area contributed by atoms with E-state index in [0.29, 0.717) is 5.52 Å². The van der Waals surface area contributed by atoms with Gasteiger partial charge in [0.05, 0.1) is 0 Å². The van der Waals surface area contributed by atoms with Crippen molar-refractivity contribution in [3.63, 3.8) is 0 Å². The standard InChI is InChI=1S/C10H7N3O2.W/c14-9-8-5-11-6-3-1-2-4-7(6)13(8)10(15)12-9;/h1-5H,(H2,11,12,14,15);/p-1. The van der Waals surface area contributed by atoms with Crippen molar-refractivity contribution in [2.45, 2.75) is 0 Å². The maximum atomic E-state index is 11.5. The van der Waals surface area contributed by atoms with E-state index in [9.17, 15) is 9.59 Å². The summed E-state index contributed by atoms with van der Waals surface area (Å²) in [4.78, 5) is 29.1. The zero-order valence-electron chi connectivity index (χ0n) is 8.01. The van der Waals surface area contributed by atoms with Crippen molar-refractivity contribution in [3.8, 4) is 5.69 Å².